The fraction of sp³-hybridized carbons (Fsp3) is 0.0769. The standard InChI is InChI=1S/C26H18N2O5S/c1-16(29)28-19-10-11-20-18(12-25(30)33-22(20)13-19)15-32-26(31)21-7-3-5-9-24(21)34-23-8-4-2-6-17(23)14-27/h2-13H,15H2,1H3,(H,28,29). The van der Waals surface area contributed by atoms with Gasteiger partial charge in [-0.25, -0.2) is 9.59 Å². The van der Waals surface area contributed by atoms with E-state index < -0.39 is 11.6 Å². The van der Waals surface area contributed by atoms with Crippen molar-refractivity contribution >= 4 is 40.3 Å². The van der Waals surface area contributed by atoms with E-state index in [1.807, 2.05) is 12.1 Å². The second kappa shape index (κ2) is 10.1. The molecule has 1 heterocycles. The van der Waals surface area contributed by atoms with Crippen LogP contribution in [0.15, 0.2) is 91.8 Å². The lowest BCUT2D eigenvalue weighted by atomic mass is 10.1. The van der Waals surface area contributed by atoms with Crippen LogP contribution < -0.4 is 10.9 Å². The molecule has 168 valence electrons. The number of nitrogens with one attached hydrogen (secondary N) is 1. The lowest BCUT2D eigenvalue weighted by molar-refractivity contribution is -0.114. The molecule has 1 N–H and O–H groups in total. The van der Waals surface area contributed by atoms with E-state index in [9.17, 15) is 19.6 Å². The Labute approximate surface area is 199 Å². The molecule has 0 radical (unpaired) electrons. The van der Waals surface area contributed by atoms with Gasteiger partial charge in [0.25, 0.3) is 0 Å². The Hall–Kier alpha value is -4.35. The van der Waals surface area contributed by atoms with Gasteiger partial charge in [0.15, 0.2) is 0 Å². The molecule has 0 spiro atoms. The monoisotopic (exact) mass is 470 g/mol. The van der Waals surface area contributed by atoms with Gasteiger partial charge in [-0.2, -0.15) is 5.26 Å². The van der Waals surface area contributed by atoms with Crippen molar-refractivity contribution in [2.75, 3.05) is 5.32 Å². The van der Waals surface area contributed by atoms with Crippen LogP contribution in [0.2, 0.25) is 0 Å². The van der Waals surface area contributed by atoms with E-state index in [0.717, 1.165) is 4.90 Å². The maximum atomic E-state index is 12.9. The van der Waals surface area contributed by atoms with Crippen LogP contribution in [0.1, 0.15) is 28.4 Å². The van der Waals surface area contributed by atoms with Crippen molar-refractivity contribution in [1.29, 1.82) is 5.26 Å². The van der Waals surface area contributed by atoms with Crippen molar-refractivity contribution in [3.63, 3.8) is 0 Å². The first kappa shape index (κ1) is 22.8. The summed E-state index contributed by atoms with van der Waals surface area (Å²) in [7, 11) is 0. The van der Waals surface area contributed by atoms with Gasteiger partial charge in [0.05, 0.1) is 11.1 Å². The molecule has 0 aliphatic rings. The van der Waals surface area contributed by atoms with Gasteiger partial charge in [-0.1, -0.05) is 36.0 Å². The number of ether oxygens (including phenoxy) is 1. The van der Waals surface area contributed by atoms with E-state index in [1.54, 1.807) is 54.6 Å². The largest absolute Gasteiger partial charge is 0.457 e. The molecule has 0 atom stereocenters. The third kappa shape index (κ3) is 5.17. The number of rotatable bonds is 6. The molecular weight excluding hydrogens is 452 g/mol. The van der Waals surface area contributed by atoms with Crippen LogP contribution >= 0.6 is 11.8 Å². The molecule has 8 heteroatoms. The fourth-order valence-electron chi connectivity index (χ4n) is 3.34. The number of anilines is 1. The topological polar surface area (TPSA) is 109 Å². The highest BCUT2D eigenvalue weighted by atomic mass is 32.2. The summed E-state index contributed by atoms with van der Waals surface area (Å²) in [6.45, 7) is 1.24. The molecule has 4 aromatic rings. The Morgan fingerprint density at radius 1 is 1.03 bits per heavy atom. The highest BCUT2D eigenvalue weighted by Gasteiger charge is 2.16. The van der Waals surface area contributed by atoms with Crippen LogP contribution in [0.4, 0.5) is 5.69 Å². The van der Waals surface area contributed by atoms with Crippen LogP contribution in [0.5, 0.6) is 0 Å². The molecule has 0 aliphatic heterocycles. The lowest BCUT2D eigenvalue weighted by Crippen LogP contribution is -2.09. The summed E-state index contributed by atoms with van der Waals surface area (Å²) >= 11 is 1.30. The van der Waals surface area contributed by atoms with Gasteiger partial charge < -0.3 is 14.5 Å². The Morgan fingerprint density at radius 2 is 1.76 bits per heavy atom. The maximum Gasteiger partial charge on any atom is 0.339 e. The molecule has 0 fully saturated rings. The number of nitriles is 1. The Morgan fingerprint density at radius 3 is 2.53 bits per heavy atom. The first-order chi connectivity index (χ1) is 16.4. The van der Waals surface area contributed by atoms with Crippen molar-refractivity contribution in [1.82, 2.24) is 0 Å². The van der Waals surface area contributed by atoms with E-state index in [4.69, 9.17) is 9.15 Å². The smallest absolute Gasteiger partial charge is 0.339 e. The van der Waals surface area contributed by atoms with Crippen LogP contribution in [0.25, 0.3) is 11.0 Å². The molecule has 0 saturated heterocycles. The minimum Gasteiger partial charge on any atom is -0.457 e. The fourth-order valence-corrected chi connectivity index (χ4v) is 4.36. The SMILES string of the molecule is CC(=O)Nc1ccc2c(COC(=O)c3ccccc3Sc3ccccc3C#N)cc(=O)oc2c1. The van der Waals surface area contributed by atoms with E-state index in [-0.39, 0.29) is 18.1 Å². The van der Waals surface area contributed by atoms with Gasteiger partial charge in [-0.15, -0.1) is 0 Å². The number of hydrogen-bond acceptors (Lipinski definition) is 7. The molecule has 0 aliphatic carbocycles. The summed E-state index contributed by atoms with van der Waals surface area (Å²) < 4.78 is 10.8. The van der Waals surface area contributed by atoms with Crippen molar-refractivity contribution in [3.8, 4) is 6.07 Å². The van der Waals surface area contributed by atoms with Crippen LogP contribution in [0.3, 0.4) is 0 Å². The molecule has 0 saturated carbocycles. The summed E-state index contributed by atoms with van der Waals surface area (Å²) in [6, 6.07) is 22.4. The molecule has 1 amide bonds. The minimum atomic E-state index is -0.595. The zero-order chi connectivity index (χ0) is 24.1. The second-order valence-electron chi connectivity index (χ2n) is 7.27. The Bertz CT molecular complexity index is 1500. The van der Waals surface area contributed by atoms with Crippen molar-refractivity contribution < 1.29 is 18.7 Å². The number of esters is 1. The average molecular weight is 471 g/mol. The summed E-state index contributed by atoms with van der Waals surface area (Å²) in [5, 5.41) is 12.6. The third-order valence-electron chi connectivity index (χ3n) is 4.84. The first-order valence-electron chi connectivity index (χ1n) is 10.2. The second-order valence-corrected chi connectivity index (χ2v) is 8.35. The number of fused-ring (bicyclic) bond motifs is 1. The number of nitrogens with zero attached hydrogens (tertiary/aromatic N) is 1. The highest BCUT2D eigenvalue weighted by molar-refractivity contribution is 7.99. The number of benzene rings is 3. The van der Waals surface area contributed by atoms with Gasteiger partial charge in [0, 0.05) is 45.5 Å². The average Bonchev–Trinajstić information content (AvgIpc) is 2.82. The number of hydrogen-bond donors (Lipinski definition) is 1. The predicted molar refractivity (Wildman–Crippen MR) is 128 cm³/mol. The first-order valence-corrected chi connectivity index (χ1v) is 11.0. The molecule has 34 heavy (non-hydrogen) atoms. The van der Waals surface area contributed by atoms with Gasteiger partial charge in [-0.05, 0) is 36.4 Å². The van der Waals surface area contributed by atoms with Crippen molar-refractivity contribution in [3.05, 3.63) is 99.9 Å². The number of carbonyl (C=O) groups is 2. The van der Waals surface area contributed by atoms with Gasteiger partial charge in [-0.3, -0.25) is 4.79 Å². The highest BCUT2D eigenvalue weighted by Crippen LogP contribution is 2.33. The zero-order valence-electron chi connectivity index (χ0n) is 18.0. The summed E-state index contributed by atoms with van der Waals surface area (Å²) in [4.78, 5) is 37.6. The van der Waals surface area contributed by atoms with Crippen molar-refractivity contribution in [2.45, 2.75) is 23.3 Å². The van der Waals surface area contributed by atoms with Gasteiger partial charge in [0.2, 0.25) is 5.91 Å². The van der Waals surface area contributed by atoms with E-state index in [1.165, 1.54) is 24.8 Å². The van der Waals surface area contributed by atoms with Crippen molar-refractivity contribution in [2.24, 2.45) is 0 Å². The molecule has 0 unspecified atom stereocenters. The summed E-state index contributed by atoms with van der Waals surface area (Å²) in [5.74, 6) is -0.811. The van der Waals surface area contributed by atoms with E-state index >= 15 is 0 Å². The number of amides is 1. The molecule has 7 nitrogen and oxygen atoms in total. The quantitative estimate of drug-likeness (QED) is 0.307. The molecule has 0 bridgehead atoms. The Kier molecular flexibility index (Phi) is 6.76. The molecule has 1 aromatic heterocycles. The molecular formula is C26H18N2O5S. The summed E-state index contributed by atoms with van der Waals surface area (Å²) in [6.07, 6.45) is 0. The maximum absolute atomic E-state index is 12.9. The van der Waals surface area contributed by atoms with Gasteiger partial charge >= 0.3 is 11.6 Å². The molecule has 4 rings (SSSR count). The molecule has 3 aromatic carbocycles. The van der Waals surface area contributed by atoms with Crippen LogP contribution in [-0.4, -0.2) is 11.9 Å². The van der Waals surface area contributed by atoms with Crippen LogP contribution in [0, 0.1) is 11.3 Å². The van der Waals surface area contributed by atoms with E-state index in [0.29, 0.717) is 32.7 Å². The zero-order valence-corrected chi connectivity index (χ0v) is 18.8. The third-order valence-corrected chi connectivity index (χ3v) is 6.00. The predicted octanol–water partition coefficient (Wildman–Crippen LogP) is 5.13. The Balaban J connectivity index is 1.57. The lowest BCUT2D eigenvalue weighted by Gasteiger charge is -2.11. The van der Waals surface area contributed by atoms with Gasteiger partial charge in [0.1, 0.15) is 18.3 Å². The normalized spacial score (nSPS) is 10.5. The van der Waals surface area contributed by atoms with E-state index in [2.05, 4.69) is 11.4 Å². The number of carbonyl (C=O) groups excluding carboxylic acids is 2. The minimum absolute atomic E-state index is 0.145. The van der Waals surface area contributed by atoms with Crippen LogP contribution in [-0.2, 0) is 16.1 Å². The summed E-state index contributed by atoms with van der Waals surface area (Å²) in [5.41, 5.74) is 1.50.